The molecule has 1 aliphatic carbocycles. The molecule has 7 nitrogen and oxygen atoms in total. The molecule has 2 unspecified atom stereocenters. The van der Waals surface area contributed by atoms with Gasteiger partial charge in [0.05, 0.1) is 12.4 Å². The smallest absolute Gasteiger partial charge is 0.290 e. The molecule has 154 valence electrons. The maximum Gasteiger partial charge on any atom is 0.290 e. The van der Waals surface area contributed by atoms with Crippen molar-refractivity contribution in [2.75, 3.05) is 13.2 Å². The molecule has 7 heteroatoms. The monoisotopic (exact) mass is 397 g/mol. The summed E-state index contributed by atoms with van der Waals surface area (Å²) in [5.74, 6) is -0.259. The fourth-order valence-corrected chi connectivity index (χ4v) is 4.22. The summed E-state index contributed by atoms with van der Waals surface area (Å²) < 4.78 is 11.1. The SMILES string of the molecule is O=C(NC1CCCC1)C(c1ccncc1)N(CC1CCCO1)C(=O)c1ccco1. The molecule has 1 saturated heterocycles. The lowest BCUT2D eigenvalue weighted by Gasteiger charge is -2.33. The number of rotatable bonds is 7. The third kappa shape index (κ3) is 4.67. The number of amides is 2. The average molecular weight is 397 g/mol. The van der Waals surface area contributed by atoms with E-state index in [-0.39, 0.29) is 29.7 Å². The van der Waals surface area contributed by atoms with Crippen molar-refractivity contribution >= 4 is 11.8 Å². The minimum absolute atomic E-state index is 0.0856. The van der Waals surface area contributed by atoms with E-state index < -0.39 is 6.04 Å². The van der Waals surface area contributed by atoms with E-state index in [1.54, 1.807) is 41.6 Å². The number of carbonyl (C=O) groups is 2. The molecule has 0 spiro atoms. The first-order valence-electron chi connectivity index (χ1n) is 10.4. The maximum atomic E-state index is 13.4. The third-order valence-electron chi connectivity index (χ3n) is 5.70. The molecule has 0 radical (unpaired) electrons. The first-order valence-corrected chi connectivity index (χ1v) is 10.4. The van der Waals surface area contributed by atoms with Crippen LogP contribution in [0.3, 0.4) is 0 Å². The van der Waals surface area contributed by atoms with Crippen molar-refractivity contribution in [3.63, 3.8) is 0 Å². The summed E-state index contributed by atoms with van der Waals surface area (Å²) in [4.78, 5) is 32.4. The molecule has 3 heterocycles. The Morgan fingerprint density at radius 1 is 1.14 bits per heavy atom. The van der Waals surface area contributed by atoms with Crippen molar-refractivity contribution in [2.45, 2.75) is 56.7 Å². The van der Waals surface area contributed by atoms with Gasteiger partial charge in [-0.15, -0.1) is 0 Å². The van der Waals surface area contributed by atoms with Crippen molar-refractivity contribution in [3.05, 3.63) is 54.2 Å². The van der Waals surface area contributed by atoms with Crippen LogP contribution in [0.25, 0.3) is 0 Å². The molecule has 2 atom stereocenters. The van der Waals surface area contributed by atoms with Gasteiger partial charge in [0.15, 0.2) is 5.76 Å². The Labute approximate surface area is 170 Å². The van der Waals surface area contributed by atoms with Crippen LogP contribution in [0.2, 0.25) is 0 Å². The molecular formula is C22H27N3O4. The van der Waals surface area contributed by atoms with Gasteiger partial charge in [-0.1, -0.05) is 12.8 Å². The molecule has 2 fully saturated rings. The normalized spacial score (nSPS) is 20.5. The van der Waals surface area contributed by atoms with Crippen LogP contribution < -0.4 is 5.32 Å². The van der Waals surface area contributed by atoms with Crippen molar-refractivity contribution < 1.29 is 18.7 Å². The van der Waals surface area contributed by atoms with Gasteiger partial charge < -0.3 is 19.4 Å². The Kier molecular flexibility index (Phi) is 6.24. The van der Waals surface area contributed by atoms with Crippen LogP contribution in [0.5, 0.6) is 0 Å². The van der Waals surface area contributed by atoms with Gasteiger partial charge in [-0.2, -0.15) is 0 Å². The lowest BCUT2D eigenvalue weighted by atomic mass is 10.0. The van der Waals surface area contributed by atoms with Gasteiger partial charge in [-0.25, -0.2) is 0 Å². The minimum atomic E-state index is -0.764. The summed E-state index contributed by atoms with van der Waals surface area (Å²) in [6.45, 7) is 1.02. The Bertz CT molecular complexity index is 797. The van der Waals surface area contributed by atoms with Gasteiger partial charge in [0.2, 0.25) is 5.91 Å². The Morgan fingerprint density at radius 3 is 2.59 bits per heavy atom. The van der Waals surface area contributed by atoms with Gasteiger partial charge in [0.1, 0.15) is 6.04 Å². The summed E-state index contributed by atoms with van der Waals surface area (Å²) >= 11 is 0. The summed E-state index contributed by atoms with van der Waals surface area (Å²) in [6.07, 6.45) is 10.7. The zero-order valence-electron chi connectivity index (χ0n) is 16.5. The number of aromatic nitrogens is 1. The molecule has 4 rings (SSSR count). The quantitative estimate of drug-likeness (QED) is 0.776. The highest BCUT2D eigenvalue weighted by Crippen LogP contribution is 2.27. The molecule has 2 aromatic rings. The molecule has 2 aliphatic rings. The number of nitrogens with zero attached hydrogens (tertiary/aromatic N) is 2. The Hall–Kier alpha value is -2.67. The highest BCUT2D eigenvalue weighted by atomic mass is 16.5. The van der Waals surface area contributed by atoms with E-state index in [9.17, 15) is 9.59 Å². The fourth-order valence-electron chi connectivity index (χ4n) is 4.22. The zero-order chi connectivity index (χ0) is 20.1. The largest absolute Gasteiger partial charge is 0.459 e. The van der Waals surface area contributed by atoms with E-state index in [4.69, 9.17) is 9.15 Å². The highest BCUT2D eigenvalue weighted by molar-refractivity contribution is 5.96. The van der Waals surface area contributed by atoms with Crippen LogP contribution >= 0.6 is 0 Å². The standard InChI is InChI=1S/C22H27N3O4/c26-21(24-17-5-1-2-6-17)20(16-9-11-23-12-10-16)25(15-18-7-3-13-28-18)22(27)19-8-4-14-29-19/h4,8-12,14,17-18,20H,1-3,5-7,13,15H2,(H,24,26). The Morgan fingerprint density at radius 2 is 1.93 bits per heavy atom. The first-order chi connectivity index (χ1) is 14.2. The molecular weight excluding hydrogens is 370 g/mol. The van der Waals surface area contributed by atoms with Gasteiger partial charge in [-0.3, -0.25) is 14.6 Å². The lowest BCUT2D eigenvalue weighted by molar-refractivity contribution is -0.127. The maximum absolute atomic E-state index is 13.4. The Balaban J connectivity index is 1.65. The molecule has 1 aliphatic heterocycles. The van der Waals surface area contributed by atoms with E-state index in [2.05, 4.69) is 10.3 Å². The lowest BCUT2D eigenvalue weighted by Crippen LogP contribution is -2.48. The van der Waals surface area contributed by atoms with Crippen molar-refractivity contribution in [3.8, 4) is 0 Å². The van der Waals surface area contributed by atoms with E-state index in [1.165, 1.54) is 6.26 Å². The van der Waals surface area contributed by atoms with Gasteiger partial charge >= 0.3 is 0 Å². The summed E-state index contributed by atoms with van der Waals surface area (Å²) in [5, 5.41) is 3.16. The zero-order valence-corrected chi connectivity index (χ0v) is 16.5. The highest BCUT2D eigenvalue weighted by Gasteiger charge is 2.36. The minimum Gasteiger partial charge on any atom is -0.459 e. The number of ether oxygens (including phenoxy) is 1. The molecule has 1 saturated carbocycles. The fraction of sp³-hybridized carbons (Fsp3) is 0.500. The third-order valence-corrected chi connectivity index (χ3v) is 5.70. The second-order valence-corrected chi connectivity index (χ2v) is 7.74. The number of nitrogens with one attached hydrogen (secondary N) is 1. The van der Waals surface area contributed by atoms with E-state index in [1.807, 2.05) is 0 Å². The van der Waals surface area contributed by atoms with Crippen LogP contribution in [0.4, 0.5) is 0 Å². The number of pyridine rings is 1. The molecule has 0 aromatic carbocycles. The van der Waals surface area contributed by atoms with Gasteiger partial charge in [0, 0.05) is 31.6 Å². The van der Waals surface area contributed by atoms with Crippen molar-refractivity contribution in [1.29, 1.82) is 0 Å². The van der Waals surface area contributed by atoms with Gasteiger partial charge in [0.25, 0.3) is 5.91 Å². The predicted octanol–water partition coefficient (Wildman–Crippen LogP) is 3.10. The molecule has 2 amide bonds. The number of carbonyl (C=O) groups excluding carboxylic acids is 2. The summed E-state index contributed by atoms with van der Waals surface area (Å²) in [5.41, 5.74) is 0.730. The second-order valence-electron chi connectivity index (χ2n) is 7.74. The number of hydrogen-bond acceptors (Lipinski definition) is 5. The van der Waals surface area contributed by atoms with E-state index >= 15 is 0 Å². The molecule has 1 N–H and O–H groups in total. The van der Waals surface area contributed by atoms with Crippen LogP contribution in [0.1, 0.15) is 60.7 Å². The van der Waals surface area contributed by atoms with Gasteiger partial charge in [-0.05, 0) is 55.5 Å². The van der Waals surface area contributed by atoms with Crippen LogP contribution in [0, 0.1) is 0 Å². The second kappa shape index (κ2) is 9.22. The summed E-state index contributed by atoms with van der Waals surface area (Å²) in [6, 6.07) is 6.28. The van der Waals surface area contributed by atoms with Crippen LogP contribution in [0.15, 0.2) is 47.3 Å². The molecule has 0 bridgehead atoms. The number of furan rings is 1. The van der Waals surface area contributed by atoms with E-state index in [0.717, 1.165) is 44.1 Å². The predicted molar refractivity (Wildman–Crippen MR) is 106 cm³/mol. The van der Waals surface area contributed by atoms with E-state index in [0.29, 0.717) is 13.2 Å². The van der Waals surface area contributed by atoms with Crippen molar-refractivity contribution in [1.82, 2.24) is 15.2 Å². The topological polar surface area (TPSA) is 84.7 Å². The van der Waals surface area contributed by atoms with Crippen LogP contribution in [-0.2, 0) is 9.53 Å². The molecule has 29 heavy (non-hydrogen) atoms. The first kappa shape index (κ1) is 19.6. The van der Waals surface area contributed by atoms with Crippen molar-refractivity contribution in [2.24, 2.45) is 0 Å². The number of hydrogen-bond donors (Lipinski definition) is 1. The molecule has 2 aromatic heterocycles. The summed E-state index contributed by atoms with van der Waals surface area (Å²) in [7, 11) is 0. The van der Waals surface area contributed by atoms with Crippen LogP contribution in [-0.4, -0.2) is 47.0 Å². The average Bonchev–Trinajstić information content (AvgIpc) is 3.51.